The van der Waals surface area contributed by atoms with Gasteiger partial charge in [0.25, 0.3) is 10.0 Å². The van der Waals surface area contributed by atoms with Crippen LogP contribution in [0.1, 0.15) is 29.5 Å². The van der Waals surface area contributed by atoms with E-state index in [4.69, 9.17) is 11.6 Å². The first-order chi connectivity index (χ1) is 16.8. The molecule has 8 heteroatoms. The third-order valence-electron chi connectivity index (χ3n) is 6.08. The van der Waals surface area contributed by atoms with Gasteiger partial charge in [0.1, 0.15) is 6.54 Å². The zero-order chi connectivity index (χ0) is 24.8. The molecular weight excluding hydrogens is 482 g/mol. The molecule has 4 rings (SSSR count). The van der Waals surface area contributed by atoms with Crippen molar-refractivity contribution in [3.8, 4) is 0 Å². The summed E-state index contributed by atoms with van der Waals surface area (Å²) in [5.41, 5.74) is 3.47. The van der Waals surface area contributed by atoms with Crippen LogP contribution in [-0.2, 0) is 27.9 Å². The molecule has 1 aliphatic rings. The number of benzene rings is 3. The molecule has 0 spiro atoms. The van der Waals surface area contributed by atoms with Gasteiger partial charge in [0, 0.05) is 18.1 Å². The molecule has 1 saturated heterocycles. The van der Waals surface area contributed by atoms with Crippen LogP contribution >= 0.6 is 11.6 Å². The van der Waals surface area contributed by atoms with Gasteiger partial charge in [-0.2, -0.15) is 0 Å². The summed E-state index contributed by atoms with van der Waals surface area (Å²) in [7, 11) is -3.98. The molecule has 1 N–H and O–H groups in total. The first-order valence-corrected chi connectivity index (χ1v) is 13.5. The molecule has 0 atom stereocenters. The molecule has 35 heavy (non-hydrogen) atoms. The fourth-order valence-corrected chi connectivity index (χ4v) is 5.81. The molecule has 0 unspecified atom stereocenters. The van der Waals surface area contributed by atoms with E-state index in [-0.39, 0.29) is 11.4 Å². The number of carbonyl (C=O) groups excluding carboxylic acids is 1. The Balaban J connectivity index is 1.48. The number of aryl methyl sites for hydroxylation is 1. The Labute approximate surface area is 212 Å². The minimum atomic E-state index is -3.98. The number of halogens is 1. The van der Waals surface area contributed by atoms with Gasteiger partial charge in [0.15, 0.2) is 0 Å². The van der Waals surface area contributed by atoms with Crippen molar-refractivity contribution in [1.82, 2.24) is 10.2 Å². The summed E-state index contributed by atoms with van der Waals surface area (Å²) in [5, 5.41) is 3.27. The van der Waals surface area contributed by atoms with Crippen LogP contribution in [0.25, 0.3) is 0 Å². The van der Waals surface area contributed by atoms with Crippen molar-refractivity contribution < 1.29 is 13.2 Å². The van der Waals surface area contributed by atoms with E-state index in [0.29, 0.717) is 17.3 Å². The predicted molar refractivity (Wildman–Crippen MR) is 140 cm³/mol. The van der Waals surface area contributed by atoms with Gasteiger partial charge in [-0.15, -0.1) is 0 Å². The molecule has 1 heterocycles. The fraction of sp³-hybridized carbons (Fsp3) is 0.296. The second-order valence-electron chi connectivity index (χ2n) is 8.88. The molecule has 184 valence electrons. The minimum absolute atomic E-state index is 0.116. The summed E-state index contributed by atoms with van der Waals surface area (Å²) >= 11 is 6.13. The molecule has 0 aromatic heterocycles. The van der Waals surface area contributed by atoms with E-state index in [1.807, 2.05) is 19.1 Å². The van der Waals surface area contributed by atoms with Crippen LogP contribution in [0, 0.1) is 6.92 Å². The highest BCUT2D eigenvalue weighted by Gasteiger charge is 2.27. The van der Waals surface area contributed by atoms with Gasteiger partial charge in [-0.05, 0) is 74.3 Å². The molecular formula is C27H30ClN3O3S. The van der Waals surface area contributed by atoms with Gasteiger partial charge in [-0.1, -0.05) is 59.6 Å². The highest BCUT2D eigenvalue weighted by molar-refractivity contribution is 7.92. The van der Waals surface area contributed by atoms with Crippen LogP contribution in [0.3, 0.4) is 0 Å². The maximum atomic E-state index is 13.5. The maximum Gasteiger partial charge on any atom is 0.264 e. The number of amides is 1. The van der Waals surface area contributed by atoms with E-state index in [1.165, 1.54) is 18.4 Å². The highest BCUT2D eigenvalue weighted by Crippen LogP contribution is 2.26. The van der Waals surface area contributed by atoms with Crippen molar-refractivity contribution >= 4 is 33.2 Å². The normalized spacial score (nSPS) is 14.1. The van der Waals surface area contributed by atoms with Gasteiger partial charge in [0.05, 0.1) is 10.6 Å². The fourth-order valence-electron chi connectivity index (χ4n) is 4.21. The molecule has 0 radical (unpaired) electrons. The number of hydrogen-bond acceptors (Lipinski definition) is 4. The average molecular weight is 512 g/mol. The minimum Gasteiger partial charge on any atom is -0.350 e. The standard InChI is InChI=1S/C27H30ClN3O3S/c1-21-10-12-26(13-11-21)35(33,34)31(25-9-5-8-24(28)17-25)20-27(32)29-18-22-6-4-7-23(16-22)19-30-14-2-3-15-30/h4-13,16-17H,2-3,14-15,18-20H2,1H3,(H,29,32). The predicted octanol–water partition coefficient (Wildman–Crippen LogP) is 4.76. The van der Waals surface area contributed by atoms with E-state index >= 15 is 0 Å². The van der Waals surface area contributed by atoms with Gasteiger partial charge in [-0.3, -0.25) is 14.0 Å². The van der Waals surface area contributed by atoms with Crippen LogP contribution in [0.5, 0.6) is 0 Å². The van der Waals surface area contributed by atoms with Gasteiger partial charge in [-0.25, -0.2) is 8.42 Å². The number of nitrogens with zero attached hydrogens (tertiary/aromatic N) is 2. The number of anilines is 1. The summed E-state index contributed by atoms with van der Waals surface area (Å²) < 4.78 is 28.0. The highest BCUT2D eigenvalue weighted by atomic mass is 35.5. The number of rotatable bonds is 9. The summed E-state index contributed by atoms with van der Waals surface area (Å²) in [6.45, 7) is 4.99. The third kappa shape index (κ3) is 6.63. The Morgan fingerprint density at radius 3 is 2.37 bits per heavy atom. The number of hydrogen-bond donors (Lipinski definition) is 1. The summed E-state index contributed by atoms with van der Waals surface area (Å²) in [6, 6.07) is 21.2. The monoisotopic (exact) mass is 511 g/mol. The van der Waals surface area contributed by atoms with Crippen molar-refractivity contribution in [3.05, 3.63) is 94.5 Å². The molecule has 0 bridgehead atoms. The summed E-state index contributed by atoms with van der Waals surface area (Å²) in [6.07, 6.45) is 2.48. The lowest BCUT2D eigenvalue weighted by Gasteiger charge is -2.24. The maximum absolute atomic E-state index is 13.5. The van der Waals surface area contributed by atoms with Crippen LogP contribution in [0.15, 0.2) is 77.7 Å². The first-order valence-electron chi connectivity index (χ1n) is 11.7. The van der Waals surface area contributed by atoms with E-state index in [2.05, 4.69) is 22.3 Å². The molecule has 1 fully saturated rings. The lowest BCUT2D eigenvalue weighted by Crippen LogP contribution is -2.40. The number of likely N-dealkylation sites (tertiary alicyclic amines) is 1. The van der Waals surface area contributed by atoms with Crippen LogP contribution < -0.4 is 9.62 Å². The van der Waals surface area contributed by atoms with E-state index in [1.54, 1.807) is 48.5 Å². The quantitative estimate of drug-likeness (QED) is 0.450. The molecule has 6 nitrogen and oxygen atoms in total. The summed E-state index contributed by atoms with van der Waals surface area (Å²) in [5.74, 6) is -0.398. The number of nitrogens with one attached hydrogen (secondary N) is 1. The SMILES string of the molecule is Cc1ccc(S(=O)(=O)N(CC(=O)NCc2cccc(CN3CCCC3)c2)c2cccc(Cl)c2)cc1. The van der Waals surface area contributed by atoms with E-state index in [9.17, 15) is 13.2 Å². The van der Waals surface area contributed by atoms with Crippen molar-refractivity contribution in [2.75, 3.05) is 23.9 Å². The van der Waals surface area contributed by atoms with Crippen molar-refractivity contribution in [3.63, 3.8) is 0 Å². The zero-order valence-electron chi connectivity index (χ0n) is 19.8. The Kier molecular flexibility index (Phi) is 8.11. The third-order valence-corrected chi connectivity index (χ3v) is 8.10. The second-order valence-corrected chi connectivity index (χ2v) is 11.2. The van der Waals surface area contributed by atoms with Crippen LogP contribution in [0.2, 0.25) is 5.02 Å². The van der Waals surface area contributed by atoms with Gasteiger partial charge in [0.2, 0.25) is 5.91 Å². The Morgan fingerprint density at radius 2 is 1.66 bits per heavy atom. The largest absolute Gasteiger partial charge is 0.350 e. The lowest BCUT2D eigenvalue weighted by molar-refractivity contribution is -0.119. The van der Waals surface area contributed by atoms with Gasteiger partial charge < -0.3 is 5.32 Å². The lowest BCUT2D eigenvalue weighted by atomic mass is 10.1. The summed E-state index contributed by atoms with van der Waals surface area (Å²) in [4.78, 5) is 15.5. The average Bonchev–Trinajstić information content (AvgIpc) is 3.35. The first kappa shape index (κ1) is 25.2. The molecule has 3 aromatic rings. The topological polar surface area (TPSA) is 69.7 Å². The van der Waals surface area contributed by atoms with Crippen molar-refractivity contribution in [2.24, 2.45) is 0 Å². The van der Waals surface area contributed by atoms with E-state index < -0.39 is 15.9 Å². The number of carbonyl (C=O) groups is 1. The second kappa shape index (κ2) is 11.2. The zero-order valence-corrected chi connectivity index (χ0v) is 21.4. The molecule has 0 saturated carbocycles. The molecule has 1 amide bonds. The van der Waals surface area contributed by atoms with Crippen LogP contribution in [0.4, 0.5) is 5.69 Å². The van der Waals surface area contributed by atoms with E-state index in [0.717, 1.165) is 35.1 Å². The van der Waals surface area contributed by atoms with Crippen molar-refractivity contribution in [2.45, 2.75) is 37.8 Å². The number of sulfonamides is 1. The van der Waals surface area contributed by atoms with Crippen LogP contribution in [-0.4, -0.2) is 38.9 Å². The Morgan fingerprint density at radius 1 is 0.971 bits per heavy atom. The smallest absolute Gasteiger partial charge is 0.264 e. The van der Waals surface area contributed by atoms with Gasteiger partial charge >= 0.3 is 0 Å². The Bertz CT molecular complexity index is 1270. The molecule has 1 aliphatic heterocycles. The van der Waals surface area contributed by atoms with Crippen molar-refractivity contribution in [1.29, 1.82) is 0 Å². The molecule has 3 aromatic carbocycles. The molecule has 0 aliphatic carbocycles. The Hall–Kier alpha value is -2.87.